The van der Waals surface area contributed by atoms with Crippen molar-refractivity contribution >= 4 is 27.7 Å². The number of ether oxygens (including phenoxy) is 1. The van der Waals surface area contributed by atoms with Crippen LogP contribution in [0.25, 0.3) is 0 Å². The van der Waals surface area contributed by atoms with Crippen LogP contribution < -0.4 is 5.32 Å². The lowest BCUT2D eigenvalue weighted by atomic mass is 10.0. The van der Waals surface area contributed by atoms with E-state index >= 15 is 0 Å². The first-order chi connectivity index (χ1) is 8.73. The molecule has 106 valence electrons. The van der Waals surface area contributed by atoms with Gasteiger partial charge in [0.05, 0.1) is 0 Å². The van der Waals surface area contributed by atoms with Gasteiger partial charge in [0.25, 0.3) is 0 Å². The maximum atomic E-state index is 11.8. The van der Waals surface area contributed by atoms with Gasteiger partial charge in [-0.3, -0.25) is 5.32 Å². The van der Waals surface area contributed by atoms with E-state index < -0.39 is 11.7 Å². The molecule has 0 aliphatic rings. The Balaban J connectivity index is 2.91. The van der Waals surface area contributed by atoms with Crippen molar-refractivity contribution in [1.82, 2.24) is 0 Å². The van der Waals surface area contributed by atoms with Gasteiger partial charge in [-0.2, -0.15) is 0 Å². The molecule has 2 N–H and O–H groups in total. The van der Waals surface area contributed by atoms with Crippen LogP contribution in [0.1, 0.15) is 39.2 Å². The Bertz CT molecular complexity index is 454. The molecule has 1 aromatic rings. The molecule has 1 amide bonds. The third-order valence-corrected chi connectivity index (χ3v) is 3.40. The van der Waals surface area contributed by atoms with Gasteiger partial charge in [0, 0.05) is 11.0 Å². The van der Waals surface area contributed by atoms with Crippen LogP contribution in [0.2, 0.25) is 0 Å². The van der Waals surface area contributed by atoms with Crippen molar-refractivity contribution in [3.05, 3.63) is 23.8 Å². The lowest BCUT2D eigenvalue weighted by Gasteiger charge is -2.21. The topological polar surface area (TPSA) is 58.6 Å². The van der Waals surface area contributed by atoms with E-state index in [-0.39, 0.29) is 11.7 Å². The molecule has 0 fully saturated rings. The smallest absolute Gasteiger partial charge is 0.412 e. The van der Waals surface area contributed by atoms with Crippen LogP contribution in [0, 0.1) is 0 Å². The molecule has 1 unspecified atom stereocenters. The predicted molar refractivity (Wildman–Crippen MR) is 80.2 cm³/mol. The molecule has 0 spiro atoms. The molecule has 1 atom stereocenters. The number of rotatable bonds is 3. The number of amides is 1. The van der Waals surface area contributed by atoms with Crippen molar-refractivity contribution in [2.75, 3.05) is 10.6 Å². The number of aromatic hydroxyl groups is 1. The molecule has 0 aliphatic heterocycles. The fraction of sp³-hybridized carbons (Fsp3) is 0.500. The van der Waals surface area contributed by atoms with E-state index in [9.17, 15) is 9.90 Å². The minimum Gasteiger partial charge on any atom is -0.508 e. The van der Waals surface area contributed by atoms with Gasteiger partial charge >= 0.3 is 6.09 Å². The average molecular weight is 330 g/mol. The normalized spacial score (nSPS) is 12.9. The molecule has 0 saturated carbocycles. The molecule has 1 aromatic carbocycles. The average Bonchev–Trinajstić information content (AvgIpc) is 2.28. The zero-order valence-electron chi connectivity index (χ0n) is 11.7. The summed E-state index contributed by atoms with van der Waals surface area (Å²) in [7, 11) is 0. The highest BCUT2D eigenvalue weighted by atomic mass is 79.9. The number of anilines is 1. The fourth-order valence-electron chi connectivity index (χ4n) is 1.57. The largest absolute Gasteiger partial charge is 0.508 e. The second-order valence-electron chi connectivity index (χ2n) is 5.45. The number of phenols is 1. The van der Waals surface area contributed by atoms with Crippen LogP contribution in [-0.4, -0.2) is 22.1 Å². The minimum atomic E-state index is -0.539. The highest BCUT2D eigenvalue weighted by Crippen LogP contribution is 2.29. The number of halogens is 1. The summed E-state index contributed by atoms with van der Waals surface area (Å²) in [4.78, 5) is 11.8. The van der Waals surface area contributed by atoms with Gasteiger partial charge in [-0.25, -0.2) is 4.79 Å². The summed E-state index contributed by atoms with van der Waals surface area (Å²) < 4.78 is 5.22. The SMILES string of the molecule is CC(CBr)c1cc(O)ccc1NC(=O)OC(C)(C)C. The quantitative estimate of drug-likeness (QED) is 0.644. The standard InChI is InChI=1S/C14H20BrNO3/c1-9(8-15)11-7-10(17)5-6-12(11)16-13(18)19-14(2,3)4/h5-7,9,17H,8H2,1-4H3,(H,16,18). The zero-order valence-corrected chi connectivity index (χ0v) is 13.2. The molecule has 19 heavy (non-hydrogen) atoms. The van der Waals surface area contributed by atoms with Crippen LogP contribution in [0.4, 0.5) is 10.5 Å². The maximum absolute atomic E-state index is 11.8. The Morgan fingerprint density at radius 3 is 2.63 bits per heavy atom. The molecule has 4 nitrogen and oxygen atoms in total. The molecule has 5 heteroatoms. The lowest BCUT2D eigenvalue weighted by molar-refractivity contribution is 0.0635. The van der Waals surface area contributed by atoms with Crippen molar-refractivity contribution in [2.24, 2.45) is 0 Å². The third-order valence-electron chi connectivity index (χ3n) is 2.43. The number of carbonyl (C=O) groups excluding carboxylic acids is 1. The van der Waals surface area contributed by atoms with Crippen molar-refractivity contribution in [3.63, 3.8) is 0 Å². The number of alkyl halides is 1. The molecular formula is C14H20BrNO3. The number of phenolic OH excluding ortho intramolecular Hbond substituents is 1. The molecular weight excluding hydrogens is 310 g/mol. The Labute approximate surface area is 122 Å². The Kier molecular flexibility index (Phi) is 5.23. The van der Waals surface area contributed by atoms with E-state index in [0.717, 1.165) is 10.9 Å². The monoisotopic (exact) mass is 329 g/mol. The van der Waals surface area contributed by atoms with E-state index in [4.69, 9.17) is 4.74 Å². The molecule has 1 rings (SSSR count). The van der Waals surface area contributed by atoms with Crippen molar-refractivity contribution in [2.45, 2.75) is 39.2 Å². The molecule has 0 bridgehead atoms. The summed E-state index contributed by atoms with van der Waals surface area (Å²) in [5.41, 5.74) is 0.976. The van der Waals surface area contributed by atoms with Gasteiger partial charge in [0.15, 0.2) is 0 Å². The molecule has 0 aliphatic carbocycles. The number of nitrogens with one attached hydrogen (secondary N) is 1. The first-order valence-electron chi connectivity index (χ1n) is 6.12. The van der Waals surface area contributed by atoms with E-state index in [1.165, 1.54) is 6.07 Å². The number of hydrogen-bond acceptors (Lipinski definition) is 3. The number of hydrogen-bond donors (Lipinski definition) is 2. The predicted octanol–water partition coefficient (Wildman–Crippen LogP) is 4.24. The van der Waals surface area contributed by atoms with Gasteiger partial charge in [-0.05, 0) is 50.5 Å². The molecule has 0 saturated heterocycles. The van der Waals surface area contributed by atoms with Crippen LogP contribution in [0.15, 0.2) is 18.2 Å². The van der Waals surface area contributed by atoms with E-state index in [1.807, 2.05) is 27.7 Å². The lowest BCUT2D eigenvalue weighted by Crippen LogP contribution is -2.27. The van der Waals surface area contributed by atoms with Gasteiger partial charge in [-0.15, -0.1) is 0 Å². The maximum Gasteiger partial charge on any atom is 0.412 e. The number of benzene rings is 1. The third kappa shape index (κ3) is 5.11. The van der Waals surface area contributed by atoms with Gasteiger partial charge in [-0.1, -0.05) is 22.9 Å². The molecule has 0 aromatic heterocycles. The fourth-order valence-corrected chi connectivity index (χ4v) is 1.92. The minimum absolute atomic E-state index is 0.164. The summed E-state index contributed by atoms with van der Waals surface area (Å²) in [5, 5.41) is 13.0. The number of carbonyl (C=O) groups is 1. The first kappa shape index (κ1) is 15.8. The van der Waals surface area contributed by atoms with Crippen LogP contribution in [-0.2, 0) is 4.74 Å². The Morgan fingerprint density at radius 2 is 2.11 bits per heavy atom. The second-order valence-corrected chi connectivity index (χ2v) is 6.10. The van der Waals surface area contributed by atoms with Gasteiger partial charge in [0.2, 0.25) is 0 Å². The van der Waals surface area contributed by atoms with E-state index in [1.54, 1.807) is 12.1 Å². The summed E-state index contributed by atoms with van der Waals surface area (Å²) in [6, 6.07) is 4.86. The van der Waals surface area contributed by atoms with Gasteiger partial charge < -0.3 is 9.84 Å². The summed E-state index contributed by atoms with van der Waals surface area (Å²) >= 11 is 3.40. The van der Waals surface area contributed by atoms with Crippen molar-refractivity contribution in [3.8, 4) is 5.75 Å². The molecule has 0 heterocycles. The Hall–Kier alpha value is -1.23. The van der Waals surface area contributed by atoms with E-state index in [0.29, 0.717) is 5.69 Å². The molecule has 0 radical (unpaired) electrons. The highest BCUT2D eigenvalue weighted by Gasteiger charge is 2.18. The van der Waals surface area contributed by atoms with Gasteiger partial charge in [0.1, 0.15) is 11.4 Å². The highest BCUT2D eigenvalue weighted by molar-refractivity contribution is 9.09. The van der Waals surface area contributed by atoms with Crippen LogP contribution in [0.3, 0.4) is 0 Å². The summed E-state index contributed by atoms with van der Waals surface area (Å²) in [6.45, 7) is 7.44. The van der Waals surface area contributed by atoms with Crippen LogP contribution >= 0.6 is 15.9 Å². The van der Waals surface area contributed by atoms with Crippen molar-refractivity contribution in [1.29, 1.82) is 0 Å². The second kappa shape index (κ2) is 6.28. The Morgan fingerprint density at radius 1 is 1.47 bits per heavy atom. The van der Waals surface area contributed by atoms with E-state index in [2.05, 4.69) is 21.2 Å². The summed E-state index contributed by atoms with van der Waals surface area (Å²) in [5.74, 6) is 0.342. The van der Waals surface area contributed by atoms with Crippen LogP contribution in [0.5, 0.6) is 5.75 Å². The first-order valence-corrected chi connectivity index (χ1v) is 7.24. The van der Waals surface area contributed by atoms with Crippen molar-refractivity contribution < 1.29 is 14.6 Å². The zero-order chi connectivity index (χ0) is 14.6. The summed E-state index contributed by atoms with van der Waals surface area (Å²) in [6.07, 6.45) is -0.499.